The summed E-state index contributed by atoms with van der Waals surface area (Å²) in [5, 5.41) is 0.899. The zero-order valence-electron chi connectivity index (χ0n) is 8.69. The van der Waals surface area contributed by atoms with E-state index in [1.807, 2.05) is 13.8 Å². The second-order valence-corrected chi connectivity index (χ2v) is 4.99. The fraction of sp³-hybridized carbons (Fsp3) is 0.500. The van der Waals surface area contributed by atoms with Crippen molar-refractivity contribution in [2.75, 3.05) is 6.54 Å². The van der Waals surface area contributed by atoms with E-state index < -0.39 is 0 Å². The molecule has 0 bridgehead atoms. The van der Waals surface area contributed by atoms with Crippen LogP contribution in [0.25, 0.3) is 0 Å². The summed E-state index contributed by atoms with van der Waals surface area (Å²) in [6.45, 7) is 4.12. The molecule has 1 unspecified atom stereocenters. The number of aryl methyl sites for hydroxylation is 1. The van der Waals surface area contributed by atoms with Gasteiger partial charge in [0.15, 0.2) is 5.78 Å². The molecule has 1 aromatic heterocycles. The Hall–Kier alpha value is -1.23. The van der Waals surface area contributed by atoms with Crippen molar-refractivity contribution >= 4 is 23.0 Å². The van der Waals surface area contributed by atoms with E-state index in [0.29, 0.717) is 0 Å². The summed E-state index contributed by atoms with van der Waals surface area (Å²) in [6, 6.07) is -0.0809. The Labute approximate surface area is 91.9 Å². The van der Waals surface area contributed by atoms with Gasteiger partial charge in [0, 0.05) is 11.1 Å². The number of carbonyl (C=O) groups is 2. The van der Waals surface area contributed by atoms with Gasteiger partial charge in [-0.15, -0.1) is 11.3 Å². The minimum atomic E-state index is -0.0830. The minimum absolute atomic E-state index is 0.000119. The van der Waals surface area contributed by atoms with Crippen LogP contribution in [-0.4, -0.2) is 28.1 Å². The third kappa shape index (κ3) is 1.92. The van der Waals surface area contributed by atoms with Gasteiger partial charge in [-0.05, 0) is 13.8 Å². The average Bonchev–Trinajstić information content (AvgIpc) is 2.71. The maximum absolute atomic E-state index is 11.5. The molecule has 0 radical (unpaired) electrons. The SMILES string of the molecule is Cc1cnc(C(C)N2CC(=O)CC2=O)s1. The van der Waals surface area contributed by atoms with Gasteiger partial charge in [-0.1, -0.05) is 0 Å². The van der Waals surface area contributed by atoms with Crippen LogP contribution in [0.4, 0.5) is 0 Å². The van der Waals surface area contributed by atoms with Gasteiger partial charge >= 0.3 is 0 Å². The first kappa shape index (κ1) is 10.3. The molecule has 0 spiro atoms. The van der Waals surface area contributed by atoms with Gasteiger partial charge in [-0.25, -0.2) is 4.98 Å². The Kier molecular flexibility index (Phi) is 2.56. The van der Waals surface area contributed by atoms with E-state index >= 15 is 0 Å². The highest BCUT2D eigenvalue weighted by atomic mass is 32.1. The normalized spacial score (nSPS) is 18.7. The molecule has 1 fully saturated rings. The van der Waals surface area contributed by atoms with E-state index in [1.165, 1.54) is 0 Å². The van der Waals surface area contributed by atoms with E-state index in [9.17, 15) is 9.59 Å². The number of ketones is 1. The fourth-order valence-corrected chi connectivity index (χ4v) is 2.49. The zero-order chi connectivity index (χ0) is 11.0. The van der Waals surface area contributed by atoms with Crippen LogP contribution in [0.15, 0.2) is 6.20 Å². The second-order valence-electron chi connectivity index (χ2n) is 3.72. The molecule has 15 heavy (non-hydrogen) atoms. The van der Waals surface area contributed by atoms with Gasteiger partial charge in [-0.2, -0.15) is 0 Å². The van der Waals surface area contributed by atoms with Crippen molar-refractivity contribution in [3.63, 3.8) is 0 Å². The van der Waals surface area contributed by atoms with E-state index in [-0.39, 0.29) is 30.7 Å². The van der Waals surface area contributed by atoms with Crippen molar-refractivity contribution in [3.8, 4) is 0 Å². The van der Waals surface area contributed by atoms with Crippen LogP contribution in [0, 0.1) is 6.92 Å². The molecule has 0 N–H and O–H groups in total. The third-order valence-corrected chi connectivity index (χ3v) is 3.56. The maximum atomic E-state index is 11.5. The molecule has 1 aromatic rings. The summed E-state index contributed by atoms with van der Waals surface area (Å²) in [4.78, 5) is 29.6. The predicted octanol–water partition coefficient (Wildman–Crippen LogP) is 1.31. The molecule has 4 nitrogen and oxygen atoms in total. The van der Waals surface area contributed by atoms with Crippen molar-refractivity contribution in [1.29, 1.82) is 0 Å². The number of carbonyl (C=O) groups excluding carboxylic acids is 2. The van der Waals surface area contributed by atoms with Crippen molar-refractivity contribution < 1.29 is 9.59 Å². The highest BCUT2D eigenvalue weighted by Gasteiger charge is 2.32. The number of nitrogens with zero attached hydrogens (tertiary/aromatic N) is 2. The molecule has 2 rings (SSSR count). The predicted molar refractivity (Wildman–Crippen MR) is 56.6 cm³/mol. The molecule has 1 atom stereocenters. The summed E-state index contributed by atoms with van der Waals surface area (Å²) in [7, 11) is 0. The number of Topliss-reactive ketones (excluding diaryl/α,β-unsaturated/α-hetero) is 1. The van der Waals surface area contributed by atoms with Crippen LogP contribution in [0.1, 0.15) is 29.3 Å². The quantitative estimate of drug-likeness (QED) is 0.712. The summed E-state index contributed by atoms with van der Waals surface area (Å²) < 4.78 is 0. The number of amides is 1. The minimum Gasteiger partial charge on any atom is -0.326 e. The Bertz CT molecular complexity index is 413. The van der Waals surface area contributed by atoms with Crippen molar-refractivity contribution in [2.24, 2.45) is 0 Å². The first-order valence-electron chi connectivity index (χ1n) is 4.81. The second kappa shape index (κ2) is 3.73. The molecule has 2 heterocycles. The van der Waals surface area contributed by atoms with Gasteiger partial charge in [0.1, 0.15) is 5.01 Å². The molecule has 0 aliphatic carbocycles. The van der Waals surface area contributed by atoms with Gasteiger partial charge in [-0.3, -0.25) is 9.59 Å². The summed E-state index contributed by atoms with van der Waals surface area (Å²) in [6.07, 6.45) is 1.84. The molecular weight excluding hydrogens is 212 g/mol. The number of likely N-dealkylation sites (tertiary alicyclic amines) is 1. The Balaban J connectivity index is 2.18. The molecule has 80 valence electrons. The molecule has 0 saturated carbocycles. The molecular formula is C10H12N2O2S. The first-order chi connectivity index (χ1) is 7.08. The molecule has 0 aromatic carbocycles. The lowest BCUT2D eigenvalue weighted by Gasteiger charge is -2.21. The first-order valence-corrected chi connectivity index (χ1v) is 5.63. The van der Waals surface area contributed by atoms with Crippen LogP contribution in [-0.2, 0) is 9.59 Å². The van der Waals surface area contributed by atoms with Gasteiger partial charge < -0.3 is 4.90 Å². The largest absolute Gasteiger partial charge is 0.326 e. The molecule has 1 aliphatic heterocycles. The summed E-state index contributed by atoms with van der Waals surface area (Å²) in [5.74, 6) is -0.0829. The third-order valence-electron chi connectivity index (χ3n) is 2.48. The number of aromatic nitrogens is 1. The van der Waals surface area contributed by atoms with Crippen molar-refractivity contribution in [3.05, 3.63) is 16.1 Å². The average molecular weight is 224 g/mol. The van der Waals surface area contributed by atoms with E-state index in [4.69, 9.17) is 0 Å². The van der Waals surface area contributed by atoms with Crippen LogP contribution in [0.2, 0.25) is 0 Å². The smallest absolute Gasteiger partial charge is 0.231 e. The molecule has 1 saturated heterocycles. The number of hydrogen-bond acceptors (Lipinski definition) is 4. The monoisotopic (exact) mass is 224 g/mol. The van der Waals surface area contributed by atoms with E-state index in [1.54, 1.807) is 22.4 Å². The van der Waals surface area contributed by atoms with E-state index in [2.05, 4.69) is 4.98 Å². The standard InChI is InChI=1S/C10H12N2O2S/c1-6-4-11-10(15-6)7(2)12-5-8(13)3-9(12)14/h4,7H,3,5H2,1-2H3. The zero-order valence-corrected chi connectivity index (χ0v) is 9.50. The maximum Gasteiger partial charge on any atom is 0.231 e. The van der Waals surface area contributed by atoms with Gasteiger partial charge in [0.25, 0.3) is 0 Å². The van der Waals surface area contributed by atoms with Crippen molar-refractivity contribution in [2.45, 2.75) is 26.3 Å². The van der Waals surface area contributed by atoms with Crippen LogP contribution in [0.3, 0.4) is 0 Å². The highest BCUT2D eigenvalue weighted by Crippen LogP contribution is 2.27. The molecule has 1 amide bonds. The fourth-order valence-electron chi connectivity index (χ4n) is 1.66. The summed E-state index contributed by atoms with van der Waals surface area (Å²) >= 11 is 1.57. The van der Waals surface area contributed by atoms with Crippen molar-refractivity contribution in [1.82, 2.24) is 9.88 Å². The lowest BCUT2D eigenvalue weighted by Crippen LogP contribution is -2.28. The molecule has 5 heteroatoms. The lowest BCUT2D eigenvalue weighted by molar-refractivity contribution is -0.129. The Morgan fingerprint density at radius 3 is 2.73 bits per heavy atom. The van der Waals surface area contributed by atoms with Crippen LogP contribution < -0.4 is 0 Å². The van der Waals surface area contributed by atoms with Gasteiger partial charge in [0.05, 0.1) is 19.0 Å². The summed E-state index contributed by atoms with van der Waals surface area (Å²) in [5.41, 5.74) is 0. The number of hydrogen-bond donors (Lipinski definition) is 0. The Morgan fingerprint density at radius 1 is 1.53 bits per heavy atom. The lowest BCUT2D eigenvalue weighted by atomic mass is 10.3. The number of rotatable bonds is 2. The number of thiazole rings is 1. The van der Waals surface area contributed by atoms with Crippen LogP contribution in [0.5, 0.6) is 0 Å². The van der Waals surface area contributed by atoms with Crippen LogP contribution >= 0.6 is 11.3 Å². The topological polar surface area (TPSA) is 50.3 Å². The highest BCUT2D eigenvalue weighted by molar-refractivity contribution is 7.11. The Morgan fingerprint density at radius 2 is 2.27 bits per heavy atom. The van der Waals surface area contributed by atoms with E-state index in [0.717, 1.165) is 9.88 Å². The van der Waals surface area contributed by atoms with Gasteiger partial charge in [0.2, 0.25) is 5.91 Å². The molecule has 1 aliphatic rings.